The van der Waals surface area contributed by atoms with E-state index in [0.717, 1.165) is 0 Å². The van der Waals surface area contributed by atoms with Gasteiger partial charge < -0.3 is 10.5 Å². The third-order valence-corrected chi connectivity index (χ3v) is 5.76. The average Bonchev–Trinajstić information content (AvgIpc) is 2.46. The fourth-order valence-electron chi connectivity index (χ4n) is 2.53. The average molecular weight is 316 g/mol. The van der Waals surface area contributed by atoms with E-state index in [-0.39, 0.29) is 35.7 Å². The molecular weight excluding hydrogens is 295 g/mol. The first kappa shape index (κ1) is 16.4. The Hall–Kier alpha value is -1.02. The van der Waals surface area contributed by atoms with Gasteiger partial charge in [-0.05, 0) is 25.5 Å². The van der Waals surface area contributed by atoms with Gasteiger partial charge in [-0.15, -0.1) is 0 Å². The molecule has 2 rings (SSSR count). The smallest absolute Gasteiger partial charge is 0.243 e. The van der Waals surface area contributed by atoms with Gasteiger partial charge in [0.1, 0.15) is 5.82 Å². The molecule has 0 aromatic heterocycles. The zero-order chi connectivity index (χ0) is 15.6. The molecule has 0 spiro atoms. The van der Waals surface area contributed by atoms with Gasteiger partial charge in [0.15, 0.2) is 0 Å². The minimum Gasteiger partial charge on any atom is -0.375 e. The third kappa shape index (κ3) is 3.11. The van der Waals surface area contributed by atoms with Crippen LogP contribution in [0.25, 0.3) is 0 Å². The Labute approximate surface area is 124 Å². The number of morpholine rings is 1. The molecule has 0 radical (unpaired) electrons. The van der Waals surface area contributed by atoms with Crippen LogP contribution < -0.4 is 5.73 Å². The standard InChI is InChI=1S/C14H21FN2O3S/c1-3-11-9-20-10(2)8-17(11)21(18,19)14-6-4-5-13(15)12(14)7-16/h4-6,10-11H,3,7-9,16H2,1-2H3. The zero-order valence-corrected chi connectivity index (χ0v) is 13.1. The number of hydrogen-bond acceptors (Lipinski definition) is 4. The number of sulfonamides is 1. The van der Waals surface area contributed by atoms with Crippen molar-refractivity contribution >= 4 is 10.0 Å². The first-order chi connectivity index (χ1) is 9.91. The molecule has 1 aromatic rings. The summed E-state index contributed by atoms with van der Waals surface area (Å²) in [5, 5.41) is 0. The molecule has 1 fully saturated rings. The quantitative estimate of drug-likeness (QED) is 0.913. The SMILES string of the molecule is CCC1COC(C)CN1S(=O)(=O)c1cccc(F)c1CN. The van der Waals surface area contributed by atoms with Crippen molar-refractivity contribution in [3.05, 3.63) is 29.6 Å². The van der Waals surface area contributed by atoms with Gasteiger partial charge in [0.05, 0.1) is 17.6 Å². The second-order valence-electron chi connectivity index (χ2n) is 5.20. The lowest BCUT2D eigenvalue weighted by atomic mass is 10.2. The molecule has 118 valence electrons. The molecular formula is C14H21FN2O3S. The van der Waals surface area contributed by atoms with E-state index in [1.165, 1.54) is 22.5 Å². The summed E-state index contributed by atoms with van der Waals surface area (Å²) < 4.78 is 46.5. The van der Waals surface area contributed by atoms with Gasteiger partial charge in [-0.1, -0.05) is 13.0 Å². The number of rotatable bonds is 4. The minimum atomic E-state index is -3.79. The van der Waals surface area contributed by atoms with Crippen molar-refractivity contribution in [1.82, 2.24) is 4.31 Å². The second kappa shape index (κ2) is 6.39. The molecule has 1 aromatic carbocycles. The fourth-order valence-corrected chi connectivity index (χ4v) is 4.54. The van der Waals surface area contributed by atoms with Gasteiger partial charge in [0.2, 0.25) is 10.0 Å². The molecule has 2 unspecified atom stereocenters. The molecule has 1 aliphatic rings. The van der Waals surface area contributed by atoms with E-state index < -0.39 is 15.8 Å². The molecule has 21 heavy (non-hydrogen) atoms. The molecule has 1 saturated heterocycles. The van der Waals surface area contributed by atoms with Crippen molar-refractivity contribution in [3.63, 3.8) is 0 Å². The second-order valence-corrected chi connectivity index (χ2v) is 7.06. The van der Waals surface area contributed by atoms with Crippen LogP contribution in [-0.2, 0) is 21.3 Å². The van der Waals surface area contributed by atoms with Crippen LogP contribution in [0.4, 0.5) is 4.39 Å². The minimum absolute atomic E-state index is 0.0338. The van der Waals surface area contributed by atoms with Crippen molar-refractivity contribution in [2.45, 2.75) is 43.9 Å². The highest BCUT2D eigenvalue weighted by molar-refractivity contribution is 7.89. The van der Waals surface area contributed by atoms with Gasteiger partial charge in [-0.3, -0.25) is 0 Å². The topological polar surface area (TPSA) is 72.6 Å². The number of halogens is 1. The summed E-state index contributed by atoms with van der Waals surface area (Å²) in [7, 11) is -3.79. The van der Waals surface area contributed by atoms with Crippen molar-refractivity contribution in [3.8, 4) is 0 Å². The first-order valence-corrected chi connectivity index (χ1v) is 8.46. The van der Waals surface area contributed by atoms with E-state index in [0.29, 0.717) is 13.0 Å². The highest BCUT2D eigenvalue weighted by atomic mass is 32.2. The third-order valence-electron chi connectivity index (χ3n) is 3.76. The van der Waals surface area contributed by atoms with Crippen LogP contribution in [0, 0.1) is 5.82 Å². The van der Waals surface area contributed by atoms with Crippen molar-refractivity contribution in [2.24, 2.45) is 5.73 Å². The summed E-state index contributed by atoms with van der Waals surface area (Å²) >= 11 is 0. The van der Waals surface area contributed by atoms with Crippen LogP contribution in [0.1, 0.15) is 25.8 Å². The molecule has 0 aliphatic carbocycles. The van der Waals surface area contributed by atoms with E-state index >= 15 is 0 Å². The summed E-state index contributed by atoms with van der Waals surface area (Å²) in [4.78, 5) is -0.0439. The lowest BCUT2D eigenvalue weighted by molar-refractivity contribution is -0.0230. The van der Waals surface area contributed by atoms with Crippen LogP contribution in [0.15, 0.2) is 23.1 Å². The first-order valence-electron chi connectivity index (χ1n) is 7.02. The number of hydrogen-bond donors (Lipinski definition) is 1. The number of benzene rings is 1. The summed E-state index contributed by atoms with van der Waals surface area (Å²) in [6.07, 6.45) is 0.455. The van der Waals surface area contributed by atoms with Crippen LogP contribution in [-0.4, -0.2) is 38.0 Å². The molecule has 0 amide bonds. The predicted octanol–water partition coefficient (Wildman–Crippen LogP) is 1.47. The number of nitrogens with two attached hydrogens (primary N) is 1. The zero-order valence-electron chi connectivity index (χ0n) is 12.3. The Morgan fingerprint density at radius 3 is 2.81 bits per heavy atom. The summed E-state index contributed by atoms with van der Waals surface area (Å²) in [6, 6.07) is 3.79. The molecule has 7 heteroatoms. The van der Waals surface area contributed by atoms with Crippen LogP contribution in [0.5, 0.6) is 0 Å². The number of nitrogens with zero attached hydrogens (tertiary/aromatic N) is 1. The Morgan fingerprint density at radius 1 is 1.48 bits per heavy atom. The van der Waals surface area contributed by atoms with E-state index in [4.69, 9.17) is 10.5 Å². The molecule has 1 aliphatic heterocycles. The van der Waals surface area contributed by atoms with Crippen molar-refractivity contribution < 1.29 is 17.5 Å². The predicted molar refractivity (Wildman–Crippen MR) is 77.7 cm³/mol. The Morgan fingerprint density at radius 2 is 2.19 bits per heavy atom. The summed E-state index contributed by atoms with van der Waals surface area (Å²) in [5.74, 6) is -0.590. The Balaban J connectivity index is 2.48. The van der Waals surface area contributed by atoms with Gasteiger partial charge in [-0.2, -0.15) is 4.31 Å². The molecule has 0 bridgehead atoms. The van der Waals surface area contributed by atoms with Crippen molar-refractivity contribution in [2.75, 3.05) is 13.2 Å². The maximum Gasteiger partial charge on any atom is 0.243 e. The molecule has 0 saturated carbocycles. The van der Waals surface area contributed by atoms with Gasteiger partial charge >= 0.3 is 0 Å². The van der Waals surface area contributed by atoms with Gasteiger partial charge in [0, 0.05) is 24.7 Å². The molecule has 1 heterocycles. The Kier molecular flexibility index (Phi) is 4.98. The highest BCUT2D eigenvalue weighted by Crippen LogP contribution is 2.27. The fraction of sp³-hybridized carbons (Fsp3) is 0.571. The lowest BCUT2D eigenvalue weighted by Crippen LogP contribution is -2.51. The van der Waals surface area contributed by atoms with Crippen LogP contribution in [0.2, 0.25) is 0 Å². The maximum atomic E-state index is 13.8. The molecule has 2 atom stereocenters. The normalized spacial score (nSPS) is 24.2. The molecule has 5 nitrogen and oxygen atoms in total. The highest BCUT2D eigenvalue weighted by Gasteiger charge is 2.36. The summed E-state index contributed by atoms with van der Waals surface area (Å²) in [5.41, 5.74) is 5.56. The van der Waals surface area contributed by atoms with Crippen LogP contribution >= 0.6 is 0 Å². The van der Waals surface area contributed by atoms with E-state index in [1.807, 2.05) is 13.8 Å². The molecule has 2 N–H and O–H groups in total. The van der Waals surface area contributed by atoms with E-state index in [2.05, 4.69) is 0 Å². The van der Waals surface area contributed by atoms with Gasteiger partial charge in [0.25, 0.3) is 0 Å². The van der Waals surface area contributed by atoms with E-state index in [9.17, 15) is 12.8 Å². The van der Waals surface area contributed by atoms with Gasteiger partial charge in [-0.25, -0.2) is 12.8 Å². The van der Waals surface area contributed by atoms with E-state index in [1.54, 1.807) is 0 Å². The number of ether oxygens (including phenoxy) is 1. The monoisotopic (exact) mass is 316 g/mol. The van der Waals surface area contributed by atoms with Crippen LogP contribution in [0.3, 0.4) is 0 Å². The lowest BCUT2D eigenvalue weighted by Gasteiger charge is -2.37. The summed E-state index contributed by atoms with van der Waals surface area (Å²) in [6.45, 7) is 4.19. The Bertz CT molecular complexity index is 606. The largest absolute Gasteiger partial charge is 0.375 e. The maximum absolute atomic E-state index is 13.8. The van der Waals surface area contributed by atoms with Crippen molar-refractivity contribution in [1.29, 1.82) is 0 Å².